The molecule has 4 rings (SSSR count). The molecule has 0 atom stereocenters. The van der Waals surface area contributed by atoms with Gasteiger partial charge < -0.3 is 24.8 Å². The summed E-state index contributed by atoms with van der Waals surface area (Å²) < 4.78 is 18.4. The summed E-state index contributed by atoms with van der Waals surface area (Å²) in [5.41, 5.74) is 0.583. The van der Waals surface area contributed by atoms with Gasteiger partial charge in [-0.05, 0) is 30.3 Å². The third-order valence-corrected chi connectivity index (χ3v) is 4.91. The summed E-state index contributed by atoms with van der Waals surface area (Å²) in [4.78, 5) is 27.5. The molecule has 2 fully saturated rings. The standard InChI is InChI=1S/C19H23FN6O2/c20-15-1-3-16(4-2-15)22-19(27)26-9-7-24(8-10-26)17-5-6-21-18(23-17)25-11-13-28-14-12-25/h1-6H,7-14H2,(H,22,27). The van der Waals surface area contributed by atoms with Gasteiger partial charge in [-0.15, -0.1) is 0 Å². The van der Waals surface area contributed by atoms with Crippen LogP contribution >= 0.6 is 0 Å². The Morgan fingerprint density at radius 1 is 0.964 bits per heavy atom. The molecule has 8 nitrogen and oxygen atoms in total. The second-order valence-electron chi connectivity index (χ2n) is 6.73. The lowest BCUT2D eigenvalue weighted by Gasteiger charge is -2.35. The summed E-state index contributed by atoms with van der Waals surface area (Å²) in [5.74, 6) is 1.26. The number of morpholine rings is 1. The smallest absolute Gasteiger partial charge is 0.321 e. The van der Waals surface area contributed by atoms with E-state index in [2.05, 4.69) is 20.1 Å². The van der Waals surface area contributed by atoms with Crippen molar-refractivity contribution in [1.82, 2.24) is 14.9 Å². The number of urea groups is 1. The van der Waals surface area contributed by atoms with E-state index in [0.29, 0.717) is 45.1 Å². The minimum atomic E-state index is -0.326. The Bertz CT molecular complexity index is 804. The average Bonchev–Trinajstić information content (AvgIpc) is 2.76. The Kier molecular flexibility index (Phi) is 5.52. The molecular weight excluding hydrogens is 363 g/mol. The second-order valence-corrected chi connectivity index (χ2v) is 6.73. The van der Waals surface area contributed by atoms with Gasteiger partial charge in [-0.25, -0.2) is 14.2 Å². The van der Waals surface area contributed by atoms with Crippen molar-refractivity contribution in [2.24, 2.45) is 0 Å². The highest BCUT2D eigenvalue weighted by Gasteiger charge is 2.23. The zero-order chi connectivity index (χ0) is 19.3. The zero-order valence-corrected chi connectivity index (χ0v) is 15.6. The monoisotopic (exact) mass is 386 g/mol. The molecule has 2 aromatic rings. The summed E-state index contributed by atoms with van der Waals surface area (Å²) in [6.07, 6.45) is 1.78. The van der Waals surface area contributed by atoms with Crippen molar-refractivity contribution in [1.29, 1.82) is 0 Å². The van der Waals surface area contributed by atoms with Crippen LogP contribution in [0.15, 0.2) is 36.5 Å². The predicted octanol–water partition coefficient (Wildman–Crippen LogP) is 1.81. The lowest BCUT2D eigenvalue weighted by molar-refractivity contribution is 0.122. The van der Waals surface area contributed by atoms with Gasteiger partial charge in [0.2, 0.25) is 5.95 Å². The molecule has 0 radical (unpaired) electrons. The minimum absolute atomic E-state index is 0.178. The summed E-state index contributed by atoms with van der Waals surface area (Å²) in [7, 11) is 0. The first-order chi connectivity index (χ1) is 13.7. The molecule has 9 heteroatoms. The van der Waals surface area contributed by atoms with Crippen LogP contribution in [0.1, 0.15) is 0 Å². The van der Waals surface area contributed by atoms with Gasteiger partial charge >= 0.3 is 6.03 Å². The first-order valence-corrected chi connectivity index (χ1v) is 9.41. The number of aromatic nitrogens is 2. The van der Waals surface area contributed by atoms with Crippen LogP contribution in [0, 0.1) is 5.82 Å². The van der Waals surface area contributed by atoms with Crippen LogP contribution in [0.5, 0.6) is 0 Å². The number of ether oxygens (including phenoxy) is 1. The Hall–Kier alpha value is -2.94. The zero-order valence-electron chi connectivity index (χ0n) is 15.6. The topological polar surface area (TPSA) is 73.8 Å². The first kappa shape index (κ1) is 18.4. The lowest BCUT2D eigenvalue weighted by Crippen LogP contribution is -2.50. The highest BCUT2D eigenvalue weighted by molar-refractivity contribution is 5.89. The predicted molar refractivity (Wildman–Crippen MR) is 104 cm³/mol. The highest BCUT2D eigenvalue weighted by atomic mass is 19.1. The van der Waals surface area contributed by atoms with Gasteiger partial charge in [0.25, 0.3) is 0 Å². The first-order valence-electron chi connectivity index (χ1n) is 9.41. The molecule has 0 bridgehead atoms. The van der Waals surface area contributed by atoms with Gasteiger partial charge in [0, 0.05) is 51.2 Å². The molecular formula is C19H23FN6O2. The molecule has 0 unspecified atom stereocenters. The van der Waals surface area contributed by atoms with Crippen molar-refractivity contribution >= 4 is 23.5 Å². The van der Waals surface area contributed by atoms with Gasteiger partial charge in [-0.2, -0.15) is 4.98 Å². The number of anilines is 3. The maximum absolute atomic E-state index is 13.0. The Labute approximate surface area is 162 Å². The van der Waals surface area contributed by atoms with Crippen LogP contribution in [0.25, 0.3) is 0 Å². The van der Waals surface area contributed by atoms with Crippen LogP contribution in [0.4, 0.5) is 26.6 Å². The Morgan fingerprint density at radius 2 is 1.68 bits per heavy atom. The lowest BCUT2D eigenvalue weighted by atomic mass is 10.3. The van der Waals surface area contributed by atoms with E-state index in [1.165, 1.54) is 12.1 Å². The molecule has 0 spiro atoms. The molecule has 1 aromatic heterocycles. The molecule has 3 heterocycles. The fourth-order valence-corrected chi connectivity index (χ4v) is 3.31. The van der Waals surface area contributed by atoms with E-state index >= 15 is 0 Å². The van der Waals surface area contributed by atoms with Crippen molar-refractivity contribution in [3.63, 3.8) is 0 Å². The fraction of sp³-hybridized carbons (Fsp3) is 0.421. The maximum Gasteiger partial charge on any atom is 0.321 e. The van der Waals surface area contributed by atoms with E-state index < -0.39 is 0 Å². The van der Waals surface area contributed by atoms with Crippen molar-refractivity contribution in [3.8, 4) is 0 Å². The van der Waals surface area contributed by atoms with Gasteiger partial charge in [0.15, 0.2) is 0 Å². The number of benzene rings is 1. The highest BCUT2D eigenvalue weighted by Crippen LogP contribution is 2.18. The number of rotatable bonds is 3. The normalized spacial score (nSPS) is 17.5. The van der Waals surface area contributed by atoms with Crippen LogP contribution in [0.3, 0.4) is 0 Å². The summed E-state index contributed by atoms with van der Waals surface area (Å²) in [6, 6.07) is 7.49. The number of hydrogen-bond donors (Lipinski definition) is 1. The van der Waals surface area contributed by atoms with Crippen LogP contribution in [-0.2, 0) is 4.74 Å². The molecule has 28 heavy (non-hydrogen) atoms. The van der Waals surface area contributed by atoms with Crippen molar-refractivity contribution in [2.75, 3.05) is 67.6 Å². The summed E-state index contributed by atoms with van der Waals surface area (Å²) in [5, 5.41) is 2.80. The quantitative estimate of drug-likeness (QED) is 0.867. The van der Waals surface area contributed by atoms with Gasteiger partial charge in [-0.1, -0.05) is 0 Å². The van der Waals surface area contributed by atoms with E-state index in [1.54, 1.807) is 23.2 Å². The molecule has 2 amide bonds. The number of carbonyl (C=O) groups excluding carboxylic acids is 1. The van der Waals surface area contributed by atoms with Crippen LogP contribution in [0.2, 0.25) is 0 Å². The van der Waals surface area contributed by atoms with Crippen molar-refractivity contribution < 1.29 is 13.9 Å². The summed E-state index contributed by atoms with van der Waals surface area (Å²) in [6.45, 7) is 5.52. The average molecular weight is 386 g/mol. The molecule has 0 aliphatic carbocycles. The molecule has 1 N–H and O–H groups in total. The number of amides is 2. The third kappa shape index (κ3) is 4.30. The van der Waals surface area contributed by atoms with E-state index in [9.17, 15) is 9.18 Å². The van der Waals surface area contributed by atoms with E-state index in [0.717, 1.165) is 24.9 Å². The maximum atomic E-state index is 13.0. The molecule has 1 aromatic carbocycles. The second kappa shape index (κ2) is 8.39. The minimum Gasteiger partial charge on any atom is -0.378 e. The van der Waals surface area contributed by atoms with Crippen molar-refractivity contribution in [3.05, 3.63) is 42.3 Å². The van der Waals surface area contributed by atoms with E-state index in [-0.39, 0.29) is 11.8 Å². The van der Waals surface area contributed by atoms with Crippen LogP contribution in [-0.4, -0.2) is 73.4 Å². The van der Waals surface area contributed by atoms with Gasteiger partial charge in [0.05, 0.1) is 13.2 Å². The molecule has 2 saturated heterocycles. The number of piperazine rings is 1. The largest absolute Gasteiger partial charge is 0.378 e. The SMILES string of the molecule is O=C(Nc1ccc(F)cc1)N1CCN(c2ccnc(N3CCOCC3)n2)CC1. The molecule has 2 aliphatic rings. The van der Waals surface area contributed by atoms with E-state index in [4.69, 9.17) is 9.72 Å². The Balaban J connectivity index is 1.33. The van der Waals surface area contributed by atoms with Crippen LogP contribution < -0.4 is 15.1 Å². The van der Waals surface area contributed by atoms with Gasteiger partial charge in [0.1, 0.15) is 11.6 Å². The summed E-state index contributed by atoms with van der Waals surface area (Å²) >= 11 is 0. The van der Waals surface area contributed by atoms with Crippen molar-refractivity contribution in [2.45, 2.75) is 0 Å². The molecule has 148 valence electrons. The number of hydrogen-bond acceptors (Lipinski definition) is 6. The number of nitrogens with one attached hydrogen (secondary N) is 1. The van der Waals surface area contributed by atoms with E-state index in [1.807, 2.05) is 6.07 Å². The number of nitrogens with zero attached hydrogens (tertiary/aromatic N) is 5. The fourth-order valence-electron chi connectivity index (χ4n) is 3.31. The molecule has 2 aliphatic heterocycles. The third-order valence-electron chi connectivity index (χ3n) is 4.91. The van der Waals surface area contributed by atoms with Gasteiger partial charge in [-0.3, -0.25) is 0 Å². The number of halogens is 1. The molecule has 0 saturated carbocycles. The number of carbonyl (C=O) groups is 1. The Morgan fingerprint density at radius 3 is 2.39 bits per heavy atom.